The van der Waals surface area contributed by atoms with Crippen molar-refractivity contribution in [1.82, 2.24) is 0 Å². The van der Waals surface area contributed by atoms with E-state index in [1.807, 2.05) is 0 Å². The Labute approximate surface area is 86.2 Å². The maximum absolute atomic E-state index is 10.3. The molecule has 3 nitrogen and oxygen atoms in total. The van der Waals surface area contributed by atoms with Crippen LogP contribution in [0.2, 0.25) is 0 Å². The Balaban J connectivity index is 0. The predicted molar refractivity (Wildman–Crippen MR) is 34.6 cm³/mol. The van der Waals surface area contributed by atoms with Crippen LogP contribution in [-0.4, -0.2) is 23.0 Å². The summed E-state index contributed by atoms with van der Waals surface area (Å²) in [7, 11) is 0. The second kappa shape index (κ2) is 6.41. The topological polar surface area (TPSA) is 63.3 Å². The van der Waals surface area contributed by atoms with Gasteiger partial charge in [-0.25, -0.2) is 0 Å². The number of aliphatic hydroxyl groups excluding tert-OH is 1. The minimum absolute atomic E-state index is 0. The van der Waals surface area contributed by atoms with Crippen LogP contribution in [0.4, 0.5) is 0 Å². The van der Waals surface area contributed by atoms with Gasteiger partial charge in [0, 0.05) is 45.2 Å². The van der Waals surface area contributed by atoms with Gasteiger partial charge in [0.2, 0.25) is 0 Å². The average Bonchev–Trinajstić information content (AvgIpc) is 1.63. The van der Waals surface area contributed by atoms with Crippen molar-refractivity contribution in [2.45, 2.75) is 25.5 Å². The van der Waals surface area contributed by atoms with Gasteiger partial charge in [0.25, 0.3) is 0 Å². The molecule has 0 aromatic heterocycles. The van der Waals surface area contributed by atoms with Crippen molar-refractivity contribution in [1.29, 1.82) is 0 Å². The van der Waals surface area contributed by atoms with Crippen LogP contribution in [0.3, 0.4) is 0 Å². The van der Waals surface area contributed by atoms with Gasteiger partial charge in [0.15, 0.2) is 0 Å². The molecule has 0 fully saturated rings. The minimum atomic E-state index is -0.839. The molecule has 3 N–H and O–H groups in total. The zero-order valence-electron chi connectivity index (χ0n) is 6.08. The van der Waals surface area contributed by atoms with Gasteiger partial charge < -0.3 is 17.8 Å². The number of carbonyl (C=O) groups is 1. The fourth-order valence-electron chi connectivity index (χ4n) is 0.468. The summed E-state index contributed by atoms with van der Waals surface area (Å²) in [6, 6.07) is -0.512. The molecular weight excluding hydrogens is 207 g/mol. The molecule has 57 valence electrons. The first-order valence-corrected chi connectivity index (χ1v) is 2.80. The average molecular weight is 219 g/mol. The molecule has 0 aliphatic rings. The van der Waals surface area contributed by atoms with Crippen molar-refractivity contribution < 1.29 is 42.6 Å². The monoisotopic (exact) mass is 219 g/mol. The third-order valence-electron chi connectivity index (χ3n) is 1.02. The number of ketones is 1. The second-order valence-corrected chi connectivity index (χ2v) is 2.14. The number of rotatable bonds is 3. The van der Waals surface area contributed by atoms with E-state index in [2.05, 4.69) is 6.92 Å². The van der Waals surface area contributed by atoms with Crippen LogP contribution < -0.4 is 5.73 Å². The molecule has 0 bridgehead atoms. The number of carbonyl (C=O) groups excluding carboxylic acids is 1. The third kappa shape index (κ3) is 6.81. The maximum Gasteiger partial charge on any atom is 0.131 e. The Morgan fingerprint density at radius 1 is 1.80 bits per heavy atom. The number of aliphatic hydroxyl groups is 1. The van der Waals surface area contributed by atoms with Crippen LogP contribution in [0.15, 0.2) is 0 Å². The van der Waals surface area contributed by atoms with Gasteiger partial charge in [0.1, 0.15) is 5.78 Å². The molecule has 2 atom stereocenters. The van der Waals surface area contributed by atoms with Gasteiger partial charge in [-0.2, -0.15) is 0 Å². The van der Waals surface area contributed by atoms with Gasteiger partial charge in [-0.3, -0.25) is 4.79 Å². The molecule has 0 saturated carbocycles. The Hall–Kier alpha value is 0.694. The molecule has 1 radical (unpaired) electrons. The molecule has 0 aliphatic heterocycles. The number of Topliss-reactive ketones (excluding diaryl/α,β-unsaturated/α-hetero) is 1. The van der Waals surface area contributed by atoms with Crippen LogP contribution in [0.25, 0.3) is 0 Å². The van der Waals surface area contributed by atoms with Crippen LogP contribution in [0.1, 0.15) is 13.3 Å². The zero-order valence-corrected chi connectivity index (χ0v) is 8.92. The van der Waals surface area contributed by atoms with Crippen LogP contribution in [-0.2, 0) is 37.5 Å². The summed E-state index contributed by atoms with van der Waals surface area (Å²) >= 11 is 0. The maximum atomic E-state index is 10.3. The van der Waals surface area contributed by atoms with Crippen molar-refractivity contribution in [3.05, 3.63) is 6.92 Å². The van der Waals surface area contributed by atoms with Gasteiger partial charge in [-0.05, 0) is 6.92 Å². The summed E-state index contributed by atoms with van der Waals surface area (Å²) < 4.78 is 0. The number of hydrogen-bond donors (Lipinski definition) is 2. The van der Waals surface area contributed by atoms with E-state index in [-0.39, 0.29) is 44.9 Å². The summed E-state index contributed by atoms with van der Waals surface area (Å²) in [5, 5.41) is 8.68. The summed E-state index contributed by atoms with van der Waals surface area (Å²) in [6.45, 7) is 4.70. The quantitative estimate of drug-likeness (QED) is 0.628. The third-order valence-corrected chi connectivity index (χ3v) is 1.02. The molecule has 0 amide bonds. The van der Waals surface area contributed by atoms with E-state index >= 15 is 0 Å². The standard InChI is InChI=1S/C6H12NO2.Y/c1-4(8)3-6(7)5(2)9;/h5-6,9H,2-3,7H2,1H3;/q-1;. The molecule has 0 spiro atoms. The molecule has 0 aromatic carbocycles. The Bertz CT molecular complexity index is 106. The van der Waals surface area contributed by atoms with E-state index in [4.69, 9.17) is 10.8 Å². The fourth-order valence-corrected chi connectivity index (χ4v) is 0.468. The summed E-state index contributed by atoms with van der Waals surface area (Å²) in [4.78, 5) is 10.3. The Kier molecular flexibility index (Phi) is 8.52. The fraction of sp³-hybridized carbons (Fsp3) is 0.667. The summed E-state index contributed by atoms with van der Waals surface area (Å²) in [5.41, 5.74) is 5.28. The summed E-state index contributed by atoms with van der Waals surface area (Å²) in [6.07, 6.45) is -0.640. The molecule has 0 saturated heterocycles. The van der Waals surface area contributed by atoms with E-state index < -0.39 is 12.1 Å². The molecule has 10 heavy (non-hydrogen) atoms. The summed E-state index contributed by atoms with van der Waals surface area (Å²) in [5.74, 6) is -0.0230. The molecule has 0 aromatic rings. The van der Waals surface area contributed by atoms with Gasteiger partial charge >= 0.3 is 0 Å². The molecule has 2 unspecified atom stereocenters. The number of nitrogens with two attached hydrogens (primary N) is 1. The first kappa shape index (κ1) is 13.3. The van der Waals surface area contributed by atoms with Crippen LogP contribution in [0.5, 0.6) is 0 Å². The van der Waals surface area contributed by atoms with Gasteiger partial charge in [-0.1, -0.05) is 6.10 Å². The van der Waals surface area contributed by atoms with Gasteiger partial charge in [-0.15, -0.1) is 0 Å². The SMILES string of the molecule is [CH2-]C(O)C(N)CC(C)=O.[Y]. The van der Waals surface area contributed by atoms with E-state index in [1.54, 1.807) is 0 Å². The van der Waals surface area contributed by atoms with Crippen molar-refractivity contribution in [2.75, 3.05) is 0 Å². The molecule has 0 heterocycles. The van der Waals surface area contributed by atoms with Crippen molar-refractivity contribution in [2.24, 2.45) is 5.73 Å². The molecule has 4 heteroatoms. The molecule has 0 rings (SSSR count). The largest absolute Gasteiger partial charge is 0.424 e. The number of hydrogen-bond acceptors (Lipinski definition) is 3. The zero-order chi connectivity index (χ0) is 7.44. The predicted octanol–water partition coefficient (Wildman–Crippen LogP) is -0.515. The van der Waals surface area contributed by atoms with Crippen molar-refractivity contribution in [3.63, 3.8) is 0 Å². The first-order chi connectivity index (χ1) is 4.04. The minimum Gasteiger partial charge on any atom is -0.424 e. The van der Waals surface area contributed by atoms with Gasteiger partial charge in [0.05, 0.1) is 0 Å². The van der Waals surface area contributed by atoms with E-state index in [0.717, 1.165) is 0 Å². The van der Waals surface area contributed by atoms with Crippen molar-refractivity contribution >= 4 is 5.78 Å². The first-order valence-electron chi connectivity index (χ1n) is 2.80. The van der Waals surface area contributed by atoms with Crippen LogP contribution >= 0.6 is 0 Å². The van der Waals surface area contributed by atoms with Crippen LogP contribution in [0, 0.1) is 6.92 Å². The normalized spacial score (nSPS) is 15.2. The smallest absolute Gasteiger partial charge is 0.131 e. The van der Waals surface area contributed by atoms with Crippen molar-refractivity contribution in [3.8, 4) is 0 Å². The Morgan fingerprint density at radius 2 is 2.20 bits per heavy atom. The van der Waals surface area contributed by atoms with E-state index in [1.165, 1.54) is 6.92 Å². The molecular formula is C6H12NO2Y-. The second-order valence-electron chi connectivity index (χ2n) is 2.14. The van der Waals surface area contributed by atoms with E-state index in [0.29, 0.717) is 0 Å². The van der Waals surface area contributed by atoms with E-state index in [9.17, 15) is 4.79 Å². The Morgan fingerprint density at radius 3 is 2.30 bits per heavy atom. The molecule has 0 aliphatic carbocycles.